The number of aromatic carboxylic acids is 1. The molecule has 0 radical (unpaired) electrons. The number of carbonyl (C=O) groups is 2. The summed E-state index contributed by atoms with van der Waals surface area (Å²) in [4.78, 5) is 24.6. The van der Waals surface area contributed by atoms with Crippen LogP contribution in [-0.4, -0.2) is 34.0 Å². The summed E-state index contributed by atoms with van der Waals surface area (Å²) in [5.41, 5.74) is 0.0628. The molecule has 5 heteroatoms. The standard InChI is InChI=1S/C12H13NO4/c14-10(8-2-3-9(17-8)11(15)16)13-7-6-12(13)4-1-5-12/h2-3H,1,4-7H2,(H,15,16). The molecule has 1 aliphatic heterocycles. The smallest absolute Gasteiger partial charge is 0.371 e. The fourth-order valence-corrected chi connectivity index (χ4v) is 2.66. The molecule has 1 spiro atoms. The highest BCUT2D eigenvalue weighted by atomic mass is 16.4. The van der Waals surface area contributed by atoms with Crippen molar-refractivity contribution in [2.24, 2.45) is 0 Å². The van der Waals surface area contributed by atoms with E-state index in [-0.39, 0.29) is 23.0 Å². The molecule has 1 amide bonds. The molecular formula is C12H13NO4. The number of amides is 1. The Balaban J connectivity index is 1.79. The van der Waals surface area contributed by atoms with Gasteiger partial charge in [0.1, 0.15) is 0 Å². The zero-order chi connectivity index (χ0) is 12.0. The second-order valence-corrected chi connectivity index (χ2v) is 4.75. The molecule has 5 nitrogen and oxygen atoms in total. The van der Waals surface area contributed by atoms with E-state index in [1.807, 2.05) is 4.90 Å². The summed E-state index contributed by atoms with van der Waals surface area (Å²) in [6.45, 7) is 0.752. The van der Waals surface area contributed by atoms with Crippen LogP contribution >= 0.6 is 0 Å². The summed E-state index contributed by atoms with van der Waals surface area (Å²) in [7, 11) is 0. The Bertz CT molecular complexity index is 481. The van der Waals surface area contributed by atoms with E-state index in [2.05, 4.69) is 0 Å². The van der Waals surface area contributed by atoms with Gasteiger partial charge in [0, 0.05) is 12.1 Å². The number of hydrogen-bond acceptors (Lipinski definition) is 3. The maximum atomic E-state index is 12.1. The molecule has 1 saturated heterocycles. The molecule has 90 valence electrons. The van der Waals surface area contributed by atoms with Crippen molar-refractivity contribution in [3.05, 3.63) is 23.7 Å². The van der Waals surface area contributed by atoms with Crippen LogP contribution in [0.1, 0.15) is 46.8 Å². The third-order valence-electron chi connectivity index (χ3n) is 3.93. The summed E-state index contributed by atoms with van der Waals surface area (Å²) >= 11 is 0. The first-order valence-electron chi connectivity index (χ1n) is 5.77. The van der Waals surface area contributed by atoms with E-state index in [1.54, 1.807) is 0 Å². The number of hydrogen-bond donors (Lipinski definition) is 1. The number of likely N-dealkylation sites (tertiary alicyclic amines) is 1. The lowest BCUT2D eigenvalue weighted by Crippen LogP contribution is -2.65. The van der Waals surface area contributed by atoms with Crippen LogP contribution in [0, 0.1) is 0 Å². The van der Waals surface area contributed by atoms with Crippen molar-refractivity contribution in [3.63, 3.8) is 0 Å². The number of carboxylic acids is 1. The molecule has 0 unspecified atom stereocenters. The van der Waals surface area contributed by atoms with Gasteiger partial charge >= 0.3 is 5.97 Å². The molecule has 1 aromatic rings. The van der Waals surface area contributed by atoms with Gasteiger partial charge in [-0.1, -0.05) is 0 Å². The molecule has 1 saturated carbocycles. The Morgan fingerprint density at radius 1 is 1.24 bits per heavy atom. The van der Waals surface area contributed by atoms with E-state index >= 15 is 0 Å². The summed E-state index contributed by atoms with van der Waals surface area (Å²) in [5, 5.41) is 8.73. The topological polar surface area (TPSA) is 70.8 Å². The van der Waals surface area contributed by atoms with E-state index in [0.29, 0.717) is 0 Å². The Labute approximate surface area is 98.0 Å². The van der Waals surface area contributed by atoms with Gasteiger partial charge in [-0.25, -0.2) is 4.79 Å². The van der Waals surface area contributed by atoms with Gasteiger partial charge in [-0.05, 0) is 37.8 Å². The Hall–Kier alpha value is -1.78. The first-order valence-corrected chi connectivity index (χ1v) is 5.77. The molecular weight excluding hydrogens is 222 g/mol. The molecule has 2 aliphatic rings. The molecule has 2 heterocycles. The van der Waals surface area contributed by atoms with Crippen molar-refractivity contribution in [2.75, 3.05) is 6.54 Å². The van der Waals surface area contributed by atoms with Crippen molar-refractivity contribution in [3.8, 4) is 0 Å². The van der Waals surface area contributed by atoms with Crippen molar-refractivity contribution in [1.29, 1.82) is 0 Å². The summed E-state index contributed by atoms with van der Waals surface area (Å²) in [6, 6.07) is 2.76. The Kier molecular flexibility index (Phi) is 2.05. The van der Waals surface area contributed by atoms with Crippen LogP contribution in [-0.2, 0) is 0 Å². The van der Waals surface area contributed by atoms with Gasteiger partial charge in [-0.15, -0.1) is 0 Å². The van der Waals surface area contributed by atoms with Crippen LogP contribution in [0.2, 0.25) is 0 Å². The minimum atomic E-state index is -1.15. The lowest BCUT2D eigenvalue weighted by Gasteiger charge is -2.58. The summed E-state index contributed by atoms with van der Waals surface area (Å²) in [6.07, 6.45) is 4.35. The van der Waals surface area contributed by atoms with Gasteiger partial charge in [0.05, 0.1) is 0 Å². The van der Waals surface area contributed by atoms with Crippen molar-refractivity contribution in [2.45, 2.75) is 31.2 Å². The van der Waals surface area contributed by atoms with Crippen LogP contribution in [0.25, 0.3) is 0 Å². The molecule has 17 heavy (non-hydrogen) atoms. The van der Waals surface area contributed by atoms with E-state index in [4.69, 9.17) is 9.52 Å². The zero-order valence-electron chi connectivity index (χ0n) is 9.31. The average Bonchev–Trinajstić information content (AvgIpc) is 2.61. The number of rotatable bonds is 2. The quantitative estimate of drug-likeness (QED) is 0.847. The number of furan rings is 1. The molecule has 1 N–H and O–H groups in total. The van der Waals surface area contributed by atoms with E-state index in [0.717, 1.165) is 25.8 Å². The average molecular weight is 235 g/mol. The molecule has 0 aromatic carbocycles. The molecule has 2 fully saturated rings. The van der Waals surface area contributed by atoms with Crippen molar-refractivity contribution in [1.82, 2.24) is 4.90 Å². The van der Waals surface area contributed by atoms with E-state index in [1.165, 1.54) is 18.6 Å². The van der Waals surface area contributed by atoms with Crippen molar-refractivity contribution >= 4 is 11.9 Å². The highest BCUT2D eigenvalue weighted by molar-refractivity contribution is 5.94. The normalized spacial score (nSPS) is 20.8. The van der Waals surface area contributed by atoms with Gasteiger partial charge in [0.15, 0.2) is 5.76 Å². The molecule has 0 atom stereocenters. The maximum absolute atomic E-state index is 12.1. The largest absolute Gasteiger partial charge is 0.475 e. The Morgan fingerprint density at radius 2 is 1.94 bits per heavy atom. The first-order chi connectivity index (χ1) is 8.12. The molecule has 0 bridgehead atoms. The van der Waals surface area contributed by atoms with Crippen LogP contribution in [0.5, 0.6) is 0 Å². The van der Waals surface area contributed by atoms with Crippen LogP contribution in [0.3, 0.4) is 0 Å². The first kappa shape index (κ1) is 10.4. The molecule has 3 rings (SSSR count). The number of carbonyl (C=O) groups excluding carboxylic acids is 1. The number of nitrogens with zero attached hydrogens (tertiary/aromatic N) is 1. The zero-order valence-corrected chi connectivity index (χ0v) is 9.31. The van der Waals surface area contributed by atoms with E-state index in [9.17, 15) is 9.59 Å². The second-order valence-electron chi connectivity index (χ2n) is 4.75. The summed E-state index contributed by atoms with van der Waals surface area (Å²) < 4.78 is 5.03. The highest BCUT2D eigenvalue weighted by Gasteiger charge is 2.51. The minimum Gasteiger partial charge on any atom is -0.475 e. The minimum absolute atomic E-state index is 0.0628. The fourth-order valence-electron chi connectivity index (χ4n) is 2.66. The third kappa shape index (κ3) is 1.38. The third-order valence-corrected chi connectivity index (χ3v) is 3.93. The lowest BCUT2D eigenvalue weighted by atomic mass is 9.68. The second kappa shape index (κ2) is 3.35. The van der Waals surface area contributed by atoms with Gasteiger partial charge in [-0.3, -0.25) is 4.79 Å². The predicted octanol–water partition coefficient (Wildman–Crippen LogP) is 1.75. The van der Waals surface area contributed by atoms with Crippen LogP contribution in [0.4, 0.5) is 0 Å². The molecule has 1 aliphatic carbocycles. The van der Waals surface area contributed by atoms with Crippen LogP contribution in [0.15, 0.2) is 16.5 Å². The lowest BCUT2D eigenvalue weighted by molar-refractivity contribution is -0.0504. The summed E-state index contributed by atoms with van der Waals surface area (Å²) in [5.74, 6) is -1.38. The van der Waals surface area contributed by atoms with Gasteiger partial charge in [0.25, 0.3) is 5.91 Å². The predicted molar refractivity (Wildman–Crippen MR) is 57.9 cm³/mol. The van der Waals surface area contributed by atoms with Gasteiger partial charge in [-0.2, -0.15) is 0 Å². The van der Waals surface area contributed by atoms with Crippen LogP contribution < -0.4 is 0 Å². The van der Waals surface area contributed by atoms with Gasteiger partial charge in [0.2, 0.25) is 5.76 Å². The van der Waals surface area contributed by atoms with Gasteiger partial charge < -0.3 is 14.4 Å². The Morgan fingerprint density at radius 3 is 2.35 bits per heavy atom. The monoisotopic (exact) mass is 235 g/mol. The van der Waals surface area contributed by atoms with E-state index < -0.39 is 5.97 Å². The molecule has 1 aromatic heterocycles. The maximum Gasteiger partial charge on any atom is 0.371 e. The SMILES string of the molecule is O=C(O)c1ccc(C(=O)N2CCC23CCC3)o1. The van der Waals surface area contributed by atoms with Crippen molar-refractivity contribution < 1.29 is 19.1 Å². The number of carboxylic acid groups (broad SMARTS) is 1. The fraction of sp³-hybridized carbons (Fsp3) is 0.500. The highest BCUT2D eigenvalue weighted by Crippen LogP contribution is 2.47.